The lowest BCUT2D eigenvalue weighted by Gasteiger charge is -2.21. The SMILES string of the molecule is O=c1ncc(C2CCCCC2)c(Cl)[nH]1. The van der Waals surface area contributed by atoms with Gasteiger partial charge in [-0.05, 0) is 18.8 Å². The second kappa shape index (κ2) is 4.13. The van der Waals surface area contributed by atoms with E-state index >= 15 is 0 Å². The summed E-state index contributed by atoms with van der Waals surface area (Å²) in [6.45, 7) is 0. The molecule has 0 saturated heterocycles. The summed E-state index contributed by atoms with van der Waals surface area (Å²) in [6, 6.07) is 0. The van der Waals surface area contributed by atoms with Gasteiger partial charge in [0, 0.05) is 11.8 Å². The average Bonchev–Trinajstić information content (AvgIpc) is 2.19. The minimum atomic E-state index is -0.366. The van der Waals surface area contributed by atoms with Crippen molar-refractivity contribution in [1.82, 2.24) is 9.97 Å². The van der Waals surface area contributed by atoms with Crippen molar-refractivity contribution in [3.05, 3.63) is 27.4 Å². The molecular formula is C10H13ClN2O. The fourth-order valence-electron chi connectivity index (χ4n) is 2.08. The lowest BCUT2D eigenvalue weighted by atomic mass is 9.85. The van der Waals surface area contributed by atoms with E-state index in [-0.39, 0.29) is 5.69 Å². The zero-order valence-electron chi connectivity index (χ0n) is 7.92. The van der Waals surface area contributed by atoms with Crippen LogP contribution in [-0.2, 0) is 0 Å². The number of halogens is 1. The van der Waals surface area contributed by atoms with Gasteiger partial charge in [-0.2, -0.15) is 0 Å². The Balaban J connectivity index is 2.26. The molecule has 1 heterocycles. The third-order valence-corrected chi connectivity index (χ3v) is 3.15. The van der Waals surface area contributed by atoms with Gasteiger partial charge in [-0.15, -0.1) is 0 Å². The quantitative estimate of drug-likeness (QED) is 0.727. The number of aromatic amines is 1. The van der Waals surface area contributed by atoms with Crippen LogP contribution in [0.25, 0.3) is 0 Å². The van der Waals surface area contributed by atoms with E-state index in [1.54, 1.807) is 6.20 Å². The van der Waals surface area contributed by atoms with Crippen LogP contribution in [0.4, 0.5) is 0 Å². The van der Waals surface area contributed by atoms with Gasteiger partial charge in [0.15, 0.2) is 0 Å². The van der Waals surface area contributed by atoms with E-state index in [2.05, 4.69) is 9.97 Å². The molecule has 0 atom stereocenters. The van der Waals surface area contributed by atoms with Gasteiger partial charge in [-0.3, -0.25) is 4.98 Å². The van der Waals surface area contributed by atoms with Gasteiger partial charge in [0.1, 0.15) is 5.15 Å². The van der Waals surface area contributed by atoms with E-state index in [1.807, 2.05) is 0 Å². The minimum absolute atomic E-state index is 0.366. The third kappa shape index (κ3) is 1.98. The Morgan fingerprint density at radius 3 is 2.71 bits per heavy atom. The molecule has 0 radical (unpaired) electrons. The summed E-state index contributed by atoms with van der Waals surface area (Å²) >= 11 is 5.97. The Morgan fingerprint density at radius 2 is 2.07 bits per heavy atom. The van der Waals surface area contributed by atoms with Crippen molar-refractivity contribution in [2.24, 2.45) is 0 Å². The Hall–Kier alpha value is -0.830. The normalized spacial score (nSPS) is 18.4. The number of nitrogens with zero attached hydrogens (tertiary/aromatic N) is 1. The number of aromatic nitrogens is 2. The van der Waals surface area contributed by atoms with Crippen LogP contribution in [0.5, 0.6) is 0 Å². The van der Waals surface area contributed by atoms with Crippen LogP contribution >= 0.6 is 11.6 Å². The van der Waals surface area contributed by atoms with Crippen molar-refractivity contribution >= 4 is 11.6 Å². The molecule has 0 aliphatic heterocycles. The summed E-state index contributed by atoms with van der Waals surface area (Å²) < 4.78 is 0. The predicted octanol–water partition coefficient (Wildman–Crippen LogP) is 2.47. The molecule has 1 aliphatic rings. The number of rotatable bonds is 1. The summed E-state index contributed by atoms with van der Waals surface area (Å²) in [6.07, 6.45) is 7.75. The molecule has 1 N–H and O–H groups in total. The van der Waals surface area contributed by atoms with E-state index < -0.39 is 0 Å². The summed E-state index contributed by atoms with van der Waals surface area (Å²) in [5, 5.41) is 0.469. The fraction of sp³-hybridized carbons (Fsp3) is 0.600. The van der Waals surface area contributed by atoms with Crippen molar-refractivity contribution < 1.29 is 0 Å². The summed E-state index contributed by atoms with van der Waals surface area (Å²) in [7, 11) is 0. The molecule has 14 heavy (non-hydrogen) atoms. The van der Waals surface area contributed by atoms with Gasteiger partial charge in [-0.1, -0.05) is 30.9 Å². The number of hydrogen-bond acceptors (Lipinski definition) is 2. The lowest BCUT2D eigenvalue weighted by molar-refractivity contribution is 0.442. The molecule has 0 unspecified atom stereocenters. The third-order valence-electron chi connectivity index (χ3n) is 2.84. The Bertz CT molecular complexity index is 369. The van der Waals surface area contributed by atoms with Crippen LogP contribution in [-0.4, -0.2) is 9.97 Å². The molecule has 1 aromatic rings. The van der Waals surface area contributed by atoms with Crippen LogP contribution in [0.3, 0.4) is 0 Å². The highest BCUT2D eigenvalue weighted by Gasteiger charge is 2.18. The van der Waals surface area contributed by atoms with Crippen molar-refractivity contribution in [2.75, 3.05) is 0 Å². The van der Waals surface area contributed by atoms with Crippen molar-refractivity contribution in [2.45, 2.75) is 38.0 Å². The molecule has 3 nitrogen and oxygen atoms in total. The lowest BCUT2D eigenvalue weighted by Crippen LogP contribution is -2.14. The van der Waals surface area contributed by atoms with Crippen molar-refractivity contribution in [3.63, 3.8) is 0 Å². The van der Waals surface area contributed by atoms with Crippen LogP contribution < -0.4 is 5.69 Å². The topological polar surface area (TPSA) is 45.8 Å². The second-order valence-electron chi connectivity index (χ2n) is 3.79. The zero-order valence-corrected chi connectivity index (χ0v) is 8.68. The van der Waals surface area contributed by atoms with Crippen LogP contribution in [0.2, 0.25) is 5.15 Å². The molecule has 1 fully saturated rings. The van der Waals surface area contributed by atoms with Gasteiger partial charge in [-0.25, -0.2) is 9.78 Å². The highest BCUT2D eigenvalue weighted by molar-refractivity contribution is 6.30. The Kier molecular flexibility index (Phi) is 2.87. The van der Waals surface area contributed by atoms with E-state index in [0.29, 0.717) is 11.1 Å². The van der Waals surface area contributed by atoms with Gasteiger partial charge in [0.25, 0.3) is 0 Å². The first kappa shape index (κ1) is 9.71. The maximum Gasteiger partial charge on any atom is 0.346 e. The number of nitrogens with one attached hydrogen (secondary N) is 1. The van der Waals surface area contributed by atoms with Crippen LogP contribution in [0.15, 0.2) is 11.0 Å². The number of H-pyrrole nitrogens is 1. The molecule has 2 rings (SSSR count). The molecular weight excluding hydrogens is 200 g/mol. The first-order chi connectivity index (χ1) is 6.77. The number of hydrogen-bond donors (Lipinski definition) is 1. The average molecular weight is 213 g/mol. The molecule has 0 bridgehead atoms. The monoisotopic (exact) mass is 212 g/mol. The molecule has 1 aromatic heterocycles. The van der Waals surface area contributed by atoms with Gasteiger partial charge in [0.2, 0.25) is 0 Å². The largest absolute Gasteiger partial charge is 0.346 e. The van der Waals surface area contributed by atoms with E-state index in [4.69, 9.17) is 11.6 Å². The summed E-state index contributed by atoms with van der Waals surface area (Å²) in [4.78, 5) is 17.1. The zero-order chi connectivity index (χ0) is 9.97. The predicted molar refractivity (Wildman–Crippen MR) is 55.7 cm³/mol. The van der Waals surface area contributed by atoms with Crippen LogP contribution in [0, 0.1) is 0 Å². The van der Waals surface area contributed by atoms with Crippen molar-refractivity contribution in [3.8, 4) is 0 Å². The molecule has 0 amide bonds. The van der Waals surface area contributed by atoms with Crippen molar-refractivity contribution in [1.29, 1.82) is 0 Å². The molecule has 1 aliphatic carbocycles. The van der Waals surface area contributed by atoms with Gasteiger partial charge < -0.3 is 0 Å². The Labute approximate surface area is 87.5 Å². The first-order valence-electron chi connectivity index (χ1n) is 5.02. The summed E-state index contributed by atoms with van der Waals surface area (Å²) in [5.41, 5.74) is 0.639. The summed E-state index contributed by atoms with van der Waals surface area (Å²) in [5.74, 6) is 0.487. The second-order valence-corrected chi connectivity index (χ2v) is 4.17. The van der Waals surface area contributed by atoms with E-state index in [1.165, 1.54) is 19.3 Å². The molecule has 76 valence electrons. The van der Waals surface area contributed by atoms with Crippen LogP contribution in [0.1, 0.15) is 43.6 Å². The van der Waals surface area contributed by atoms with Gasteiger partial charge >= 0.3 is 5.69 Å². The standard InChI is InChI=1S/C10H13ClN2O/c11-9-8(6-12-10(14)13-9)7-4-2-1-3-5-7/h6-7H,1-5H2,(H,12,13,14). The minimum Gasteiger partial charge on any atom is -0.296 e. The van der Waals surface area contributed by atoms with E-state index in [9.17, 15) is 4.79 Å². The molecule has 4 heteroatoms. The molecule has 1 saturated carbocycles. The highest BCUT2D eigenvalue weighted by Crippen LogP contribution is 2.34. The maximum absolute atomic E-state index is 10.9. The highest BCUT2D eigenvalue weighted by atomic mass is 35.5. The Morgan fingerprint density at radius 1 is 1.36 bits per heavy atom. The molecule has 0 aromatic carbocycles. The van der Waals surface area contributed by atoms with Gasteiger partial charge in [0.05, 0.1) is 0 Å². The first-order valence-corrected chi connectivity index (χ1v) is 5.40. The fourth-order valence-corrected chi connectivity index (χ4v) is 2.37. The molecule has 0 spiro atoms. The van der Waals surface area contributed by atoms with E-state index in [0.717, 1.165) is 18.4 Å². The smallest absolute Gasteiger partial charge is 0.296 e. The maximum atomic E-state index is 10.9.